The normalized spacial score (nSPS) is 19.2. The zero-order chi connectivity index (χ0) is 19.8. The summed E-state index contributed by atoms with van der Waals surface area (Å²) < 4.78 is 5.38. The summed E-state index contributed by atoms with van der Waals surface area (Å²) in [5, 5.41) is 5.80. The van der Waals surface area contributed by atoms with E-state index in [2.05, 4.69) is 25.5 Å². The molecule has 0 unspecified atom stereocenters. The fourth-order valence-corrected chi connectivity index (χ4v) is 3.32. The van der Waals surface area contributed by atoms with Crippen LogP contribution in [0, 0.1) is 0 Å². The number of aromatic nitrogens is 2. The third kappa shape index (κ3) is 4.40. The molecular weight excluding hydrogens is 348 g/mol. The van der Waals surface area contributed by atoms with E-state index in [1.807, 2.05) is 27.7 Å². The fourth-order valence-electron chi connectivity index (χ4n) is 3.32. The maximum Gasteiger partial charge on any atom is 0.408 e. The highest BCUT2D eigenvalue weighted by molar-refractivity contribution is 5.91. The lowest BCUT2D eigenvalue weighted by Gasteiger charge is -2.41. The molecule has 0 atom stereocenters. The SMILES string of the molecule is CN1Cc2c(ncnc2N2CCC(C)(NC(=O)OC(C)(C)C)CC2)NC1=O. The molecule has 1 fully saturated rings. The van der Waals surface area contributed by atoms with E-state index in [0.717, 1.165) is 37.3 Å². The van der Waals surface area contributed by atoms with Crippen LogP contribution in [-0.2, 0) is 11.3 Å². The molecule has 0 radical (unpaired) electrons. The van der Waals surface area contributed by atoms with Gasteiger partial charge in [0.15, 0.2) is 0 Å². The van der Waals surface area contributed by atoms with E-state index in [1.165, 1.54) is 6.33 Å². The van der Waals surface area contributed by atoms with Gasteiger partial charge in [0.2, 0.25) is 0 Å². The van der Waals surface area contributed by atoms with Crippen molar-refractivity contribution in [3.63, 3.8) is 0 Å². The van der Waals surface area contributed by atoms with Gasteiger partial charge < -0.3 is 19.9 Å². The second kappa shape index (κ2) is 6.86. The first-order valence-corrected chi connectivity index (χ1v) is 9.18. The van der Waals surface area contributed by atoms with Crippen LogP contribution in [0.1, 0.15) is 46.1 Å². The highest BCUT2D eigenvalue weighted by Gasteiger charge is 2.35. The highest BCUT2D eigenvalue weighted by Crippen LogP contribution is 2.32. The van der Waals surface area contributed by atoms with Crippen molar-refractivity contribution < 1.29 is 14.3 Å². The van der Waals surface area contributed by atoms with Gasteiger partial charge in [0.25, 0.3) is 0 Å². The van der Waals surface area contributed by atoms with Crippen molar-refractivity contribution in [2.45, 2.75) is 58.2 Å². The molecule has 1 aromatic rings. The number of carbonyl (C=O) groups excluding carboxylic acids is 2. The van der Waals surface area contributed by atoms with Crippen LogP contribution < -0.4 is 15.5 Å². The van der Waals surface area contributed by atoms with Gasteiger partial charge in [-0.1, -0.05) is 0 Å². The standard InChI is InChI=1S/C18H28N6O3/c1-17(2,3)27-16(26)22-18(4)6-8-24(9-7-18)14-12-10-23(5)15(25)21-13(12)19-11-20-14/h11H,6-10H2,1-5H3,(H,22,26)(H,19,20,21,25). The van der Waals surface area contributed by atoms with Crippen LogP contribution in [-0.4, -0.2) is 58.3 Å². The molecule has 0 bridgehead atoms. The van der Waals surface area contributed by atoms with Gasteiger partial charge in [0.05, 0.1) is 12.1 Å². The molecule has 2 N–H and O–H groups in total. The van der Waals surface area contributed by atoms with Crippen molar-refractivity contribution in [2.75, 3.05) is 30.4 Å². The molecule has 3 heterocycles. The van der Waals surface area contributed by atoms with Crippen LogP contribution in [0.25, 0.3) is 0 Å². The largest absolute Gasteiger partial charge is 0.444 e. The zero-order valence-corrected chi connectivity index (χ0v) is 16.6. The van der Waals surface area contributed by atoms with E-state index < -0.39 is 5.60 Å². The number of carbonyl (C=O) groups is 2. The molecule has 2 aliphatic rings. The van der Waals surface area contributed by atoms with Gasteiger partial charge in [-0.2, -0.15) is 0 Å². The Balaban J connectivity index is 1.67. The molecule has 9 nitrogen and oxygen atoms in total. The maximum absolute atomic E-state index is 12.1. The maximum atomic E-state index is 12.1. The Labute approximate surface area is 159 Å². The number of ether oxygens (including phenoxy) is 1. The summed E-state index contributed by atoms with van der Waals surface area (Å²) >= 11 is 0. The minimum Gasteiger partial charge on any atom is -0.444 e. The molecule has 0 saturated carbocycles. The molecule has 148 valence electrons. The number of rotatable bonds is 2. The quantitative estimate of drug-likeness (QED) is 0.822. The van der Waals surface area contributed by atoms with Crippen LogP contribution in [0.3, 0.4) is 0 Å². The van der Waals surface area contributed by atoms with Gasteiger partial charge in [-0.3, -0.25) is 5.32 Å². The van der Waals surface area contributed by atoms with E-state index >= 15 is 0 Å². The summed E-state index contributed by atoms with van der Waals surface area (Å²) in [6.45, 7) is 9.56. The Bertz CT molecular complexity index is 737. The van der Waals surface area contributed by atoms with Crippen molar-refractivity contribution in [3.05, 3.63) is 11.9 Å². The minimum atomic E-state index is -0.516. The molecular formula is C18H28N6O3. The molecule has 1 aromatic heterocycles. The molecule has 3 amide bonds. The molecule has 0 aromatic carbocycles. The minimum absolute atomic E-state index is 0.167. The molecule has 9 heteroatoms. The number of nitrogens with zero attached hydrogens (tertiary/aromatic N) is 4. The summed E-state index contributed by atoms with van der Waals surface area (Å²) in [7, 11) is 1.74. The molecule has 2 aliphatic heterocycles. The topological polar surface area (TPSA) is 99.7 Å². The Kier molecular flexibility index (Phi) is 4.88. The fraction of sp³-hybridized carbons (Fsp3) is 0.667. The van der Waals surface area contributed by atoms with Crippen molar-refractivity contribution >= 4 is 23.8 Å². The van der Waals surface area contributed by atoms with Gasteiger partial charge >= 0.3 is 12.1 Å². The van der Waals surface area contributed by atoms with Crippen LogP contribution in [0.15, 0.2) is 6.33 Å². The van der Waals surface area contributed by atoms with Crippen molar-refractivity contribution in [1.29, 1.82) is 0 Å². The summed E-state index contributed by atoms with van der Waals surface area (Å²) in [4.78, 5) is 36.4. The molecule has 27 heavy (non-hydrogen) atoms. The number of hydrogen-bond acceptors (Lipinski definition) is 6. The third-order valence-electron chi connectivity index (χ3n) is 4.86. The Morgan fingerprint density at radius 1 is 1.30 bits per heavy atom. The van der Waals surface area contributed by atoms with E-state index in [-0.39, 0.29) is 17.7 Å². The van der Waals surface area contributed by atoms with Gasteiger partial charge in [-0.25, -0.2) is 19.6 Å². The highest BCUT2D eigenvalue weighted by atomic mass is 16.6. The van der Waals surface area contributed by atoms with E-state index in [1.54, 1.807) is 11.9 Å². The summed E-state index contributed by atoms with van der Waals surface area (Å²) in [6, 6.07) is -0.167. The van der Waals surface area contributed by atoms with Crippen molar-refractivity contribution in [3.8, 4) is 0 Å². The lowest BCUT2D eigenvalue weighted by molar-refractivity contribution is 0.0448. The number of hydrogen-bond donors (Lipinski definition) is 2. The van der Waals surface area contributed by atoms with Crippen molar-refractivity contribution in [1.82, 2.24) is 20.2 Å². The second-order valence-electron chi connectivity index (χ2n) is 8.49. The average molecular weight is 376 g/mol. The van der Waals surface area contributed by atoms with E-state index in [0.29, 0.717) is 12.4 Å². The first-order valence-electron chi connectivity index (χ1n) is 9.18. The predicted octanol–water partition coefficient (Wildman–Crippen LogP) is 2.34. The third-order valence-corrected chi connectivity index (χ3v) is 4.86. The number of fused-ring (bicyclic) bond motifs is 1. The number of urea groups is 1. The lowest BCUT2D eigenvalue weighted by atomic mass is 9.89. The number of anilines is 2. The monoisotopic (exact) mass is 376 g/mol. The first kappa shape index (κ1) is 19.2. The number of amides is 3. The summed E-state index contributed by atoms with van der Waals surface area (Å²) in [5.74, 6) is 1.41. The number of nitrogens with one attached hydrogen (secondary N) is 2. The van der Waals surface area contributed by atoms with Crippen LogP contribution in [0.5, 0.6) is 0 Å². The molecule has 3 rings (SSSR count). The Hall–Kier alpha value is -2.58. The van der Waals surface area contributed by atoms with E-state index in [4.69, 9.17) is 4.74 Å². The van der Waals surface area contributed by atoms with Crippen LogP contribution in [0.4, 0.5) is 21.2 Å². The van der Waals surface area contributed by atoms with Crippen LogP contribution >= 0.6 is 0 Å². The zero-order valence-electron chi connectivity index (χ0n) is 16.6. The Morgan fingerprint density at radius 3 is 2.59 bits per heavy atom. The molecule has 0 aliphatic carbocycles. The first-order chi connectivity index (χ1) is 12.6. The number of piperidine rings is 1. The van der Waals surface area contributed by atoms with E-state index in [9.17, 15) is 9.59 Å². The van der Waals surface area contributed by atoms with Crippen molar-refractivity contribution in [2.24, 2.45) is 0 Å². The smallest absolute Gasteiger partial charge is 0.408 e. The Morgan fingerprint density at radius 2 is 1.96 bits per heavy atom. The summed E-state index contributed by atoms with van der Waals surface area (Å²) in [6.07, 6.45) is 2.63. The van der Waals surface area contributed by atoms with Crippen LogP contribution in [0.2, 0.25) is 0 Å². The van der Waals surface area contributed by atoms with Gasteiger partial charge in [-0.05, 0) is 40.5 Å². The molecule has 0 spiro atoms. The van der Waals surface area contributed by atoms with Gasteiger partial charge in [0.1, 0.15) is 23.6 Å². The summed E-state index contributed by atoms with van der Waals surface area (Å²) in [5.41, 5.74) is 0.0810. The predicted molar refractivity (Wildman–Crippen MR) is 102 cm³/mol. The number of alkyl carbamates (subject to hydrolysis) is 1. The van der Waals surface area contributed by atoms with Gasteiger partial charge in [0, 0.05) is 25.7 Å². The van der Waals surface area contributed by atoms with Gasteiger partial charge in [-0.15, -0.1) is 0 Å². The lowest BCUT2D eigenvalue weighted by Crippen LogP contribution is -2.54. The average Bonchev–Trinajstić information content (AvgIpc) is 2.54. The second-order valence-corrected chi connectivity index (χ2v) is 8.49. The molecule has 1 saturated heterocycles.